The number of benzene rings is 2. The van der Waals surface area contributed by atoms with Crippen LogP contribution in [0.25, 0.3) is 10.9 Å². The highest BCUT2D eigenvalue weighted by Gasteiger charge is 2.09. The fraction of sp³-hybridized carbons (Fsp3) is 0.0667. The maximum atomic E-state index is 6.19. The number of rotatable bonds is 3. The first kappa shape index (κ1) is 14.4. The van der Waals surface area contributed by atoms with Crippen LogP contribution in [0.3, 0.4) is 0 Å². The van der Waals surface area contributed by atoms with Crippen molar-refractivity contribution in [2.45, 2.75) is 5.88 Å². The number of anilines is 2. The monoisotopic (exact) mass is 337 g/mol. The van der Waals surface area contributed by atoms with Gasteiger partial charge in [-0.05, 0) is 30.3 Å². The zero-order valence-corrected chi connectivity index (χ0v) is 13.0. The highest BCUT2D eigenvalue weighted by atomic mass is 35.5. The average molecular weight is 339 g/mol. The molecule has 3 aromatic rings. The van der Waals surface area contributed by atoms with Gasteiger partial charge in [-0.2, -0.15) is 0 Å². The summed E-state index contributed by atoms with van der Waals surface area (Å²) in [6.45, 7) is 0. The Labute approximate surface area is 136 Å². The molecule has 0 bridgehead atoms. The molecule has 1 aromatic heterocycles. The standard InChI is InChI=1S/C15H10Cl3N3/c16-8-14-19-12-4-2-1-3-10(12)15(21-14)20-13-6-5-9(17)7-11(13)18/h1-7H,8H2,(H,19,20,21). The molecule has 0 unspecified atom stereocenters. The topological polar surface area (TPSA) is 37.8 Å². The van der Waals surface area contributed by atoms with Gasteiger partial charge in [-0.15, -0.1) is 11.6 Å². The molecule has 106 valence electrons. The first-order valence-electron chi connectivity index (χ1n) is 6.21. The van der Waals surface area contributed by atoms with E-state index in [1.54, 1.807) is 12.1 Å². The molecule has 21 heavy (non-hydrogen) atoms. The lowest BCUT2D eigenvalue weighted by Gasteiger charge is -2.11. The van der Waals surface area contributed by atoms with Crippen LogP contribution < -0.4 is 5.32 Å². The molecule has 0 aliphatic carbocycles. The molecule has 0 fully saturated rings. The molecule has 1 heterocycles. The van der Waals surface area contributed by atoms with Crippen LogP contribution in [0.4, 0.5) is 11.5 Å². The minimum atomic E-state index is 0.244. The Morgan fingerprint density at radius 1 is 1.00 bits per heavy atom. The Kier molecular flexibility index (Phi) is 4.15. The molecule has 1 N–H and O–H groups in total. The Bertz CT molecular complexity index is 805. The highest BCUT2D eigenvalue weighted by Crippen LogP contribution is 2.30. The molecule has 0 spiro atoms. The van der Waals surface area contributed by atoms with Crippen molar-refractivity contribution >= 4 is 57.2 Å². The summed E-state index contributed by atoms with van der Waals surface area (Å²) in [7, 11) is 0. The zero-order chi connectivity index (χ0) is 14.8. The second-order valence-corrected chi connectivity index (χ2v) is 5.50. The Morgan fingerprint density at radius 3 is 2.57 bits per heavy atom. The SMILES string of the molecule is ClCc1nc(Nc2ccc(Cl)cc2Cl)c2ccccc2n1. The van der Waals surface area contributed by atoms with Gasteiger partial charge in [0.2, 0.25) is 0 Å². The summed E-state index contributed by atoms with van der Waals surface area (Å²) in [5, 5.41) is 5.23. The van der Waals surface area contributed by atoms with Crippen molar-refractivity contribution in [2.24, 2.45) is 0 Å². The number of nitrogens with one attached hydrogen (secondary N) is 1. The van der Waals surface area contributed by atoms with Crippen molar-refractivity contribution in [3.63, 3.8) is 0 Å². The zero-order valence-electron chi connectivity index (χ0n) is 10.8. The van der Waals surface area contributed by atoms with E-state index in [9.17, 15) is 0 Å². The molecular formula is C15H10Cl3N3. The van der Waals surface area contributed by atoms with E-state index in [-0.39, 0.29) is 5.88 Å². The van der Waals surface area contributed by atoms with Gasteiger partial charge in [0.15, 0.2) is 0 Å². The largest absolute Gasteiger partial charge is 0.338 e. The summed E-state index contributed by atoms with van der Waals surface area (Å²) < 4.78 is 0. The summed E-state index contributed by atoms with van der Waals surface area (Å²) in [4.78, 5) is 8.83. The Morgan fingerprint density at radius 2 is 1.81 bits per heavy atom. The number of aromatic nitrogens is 2. The number of fused-ring (bicyclic) bond motifs is 1. The van der Waals surface area contributed by atoms with Gasteiger partial charge in [-0.1, -0.05) is 35.3 Å². The van der Waals surface area contributed by atoms with Crippen molar-refractivity contribution < 1.29 is 0 Å². The van der Waals surface area contributed by atoms with Crippen LogP contribution in [0.15, 0.2) is 42.5 Å². The molecule has 0 atom stereocenters. The predicted octanol–water partition coefficient (Wildman–Crippen LogP) is 5.42. The molecule has 0 radical (unpaired) electrons. The van der Waals surface area contributed by atoms with E-state index < -0.39 is 0 Å². The molecule has 3 nitrogen and oxygen atoms in total. The van der Waals surface area contributed by atoms with Crippen molar-refractivity contribution in [1.82, 2.24) is 9.97 Å². The first-order chi connectivity index (χ1) is 10.2. The number of para-hydroxylation sites is 1. The lowest BCUT2D eigenvalue weighted by molar-refractivity contribution is 1.07. The summed E-state index contributed by atoms with van der Waals surface area (Å²) in [5.74, 6) is 1.47. The maximum absolute atomic E-state index is 6.19. The smallest absolute Gasteiger partial charge is 0.146 e. The summed E-state index contributed by atoms with van der Waals surface area (Å²) >= 11 is 18.0. The van der Waals surface area contributed by atoms with Gasteiger partial charge in [0.1, 0.15) is 11.6 Å². The van der Waals surface area contributed by atoms with Crippen LogP contribution in [0.1, 0.15) is 5.82 Å². The second kappa shape index (κ2) is 6.06. The van der Waals surface area contributed by atoms with Gasteiger partial charge < -0.3 is 5.32 Å². The molecule has 6 heteroatoms. The molecule has 0 aliphatic heterocycles. The lowest BCUT2D eigenvalue weighted by atomic mass is 10.2. The van der Waals surface area contributed by atoms with Crippen molar-refractivity contribution in [2.75, 3.05) is 5.32 Å². The van der Waals surface area contributed by atoms with Gasteiger partial charge in [-0.3, -0.25) is 0 Å². The van der Waals surface area contributed by atoms with E-state index in [1.165, 1.54) is 0 Å². The molecule has 2 aromatic carbocycles. The minimum absolute atomic E-state index is 0.244. The van der Waals surface area contributed by atoms with E-state index in [0.29, 0.717) is 21.7 Å². The third-order valence-corrected chi connectivity index (χ3v) is 3.74. The van der Waals surface area contributed by atoms with Gasteiger partial charge in [0, 0.05) is 10.4 Å². The highest BCUT2D eigenvalue weighted by molar-refractivity contribution is 6.36. The quantitative estimate of drug-likeness (QED) is 0.648. The Hall–Kier alpha value is -1.55. The van der Waals surface area contributed by atoms with Crippen molar-refractivity contribution in [3.05, 3.63) is 58.3 Å². The molecular weight excluding hydrogens is 329 g/mol. The van der Waals surface area contributed by atoms with E-state index >= 15 is 0 Å². The fourth-order valence-corrected chi connectivity index (χ4v) is 2.57. The van der Waals surface area contributed by atoms with Gasteiger partial charge in [-0.25, -0.2) is 9.97 Å². The van der Waals surface area contributed by atoms with Crippen LogP contribution in [-0.4, -0.2) is 9.97 Å². The van der Waals surface area contributed by atoms with Gasteiger partial charge in [0.05, 0.1) is 22.1 Å². The molecule has 0 saturated carbocycles. The van der Waals surface area contributed by atoms with Crippen LogP contribution in [0, 0.1) is 0 Å². The predicted molar refractivity (Wildman–Crippen MR) is 88.8 cm³/mol. The van der Waals surface area contributed by atoms with E-state index in [2.05, 4.69) is 15.3 Å². The summed E-state index contributed by atoms with van der Waals surface area (Å²) in [5.41, 5.74) is 1.56. The van der Waals surface area contributed by atoms with Crippen LogP contribution in [0.2, 0.25) is 10.0 Å². The molecule has 0 amide bonds. The number of hydrogen-bond donors (Lipinski definition) is 1. The van der Waals surface area contributed by atoms with Crippen molar-refractivity contribution in [3.8, 4) is 0 Å². The molecule has 0 aliphatic rings. The first-order valence-corrected chi connectivity index (χ1v) is 7.50. The minimum Gasteiger partial charge on any atom is -0.338 e. The number of hydrogen-bond acceptors (Lipinski definition) is 3. The van der Waals surface area contributed by atoms with Crippen LogP contribution in [-0.2, 0) is 5.88 Å². The van der Waals surface area contributed by atoms with Gasteiger partial charge in [0.25, 0.3) is 0 Å². The number of alkyl halides is 1. The van der Waals surface area contributed by atoms with Crippen molar-refractivity contribution in [1.29, 1.82) is 0 Å². The Balaban J connectivity index is 2.10. The molecule has 0 saturated heterocycles. The van der Waals surface area contributed by atoms with Crippen LogP contribution >= 0.6 is 34.8 Å². The summed E-state index contributed by atoms with van der Waals surface area (Å²) in [6.07, 6.45) is 0. The van der Waals surface area contributed by atoms with E-state index in [4.69, 9.17) is 34.8 Å². The average Bonchev–Trinajstić information content (AvgIpc) is 2.49. The third-order valence-electron chi connectivity index (χ3n) is 2.95. The van der Waals surface area contributed by atoms with Gasteiger partial charge >= 0.3 is 0 Å². The third kappa shape index (κ3) is 3.05. The van der Waals surface area contributed by atoms with E-state index in [1.807, 2.05) is 30.3 Å². The fourth-order valence-electron chi connectivity index (χ4n) is 2.00. The lowest BCUT2D eigenvalue weighted by Crippen LogP contribution is -2.00. The van der Waals surface area contributed by atoms with Crippen LogP contribution in [0.5, 0.6) is 0 Å². The number of halogens is 3. The van der Waals surface area contributed by atoms with E-state index in [0.717, 1.165) is 16.6 Å². The number of nitrogens with zero attached hydrogens (tertiary/aromatic N) is 2. The normalized spacial score (nSPS) is 10.8. The molecule has 3 rings (SSSR count). The second-order valence-electron chi connectivity index (χ2n) is 4.39. The maximum Gasteiger partial charge on any atom is 0.146 e. The summed E-state index contributed by atoms with van der Waals surface area (Å²) in [6, 6.07) is 13.0.